The number of nitrogens with zero attached hydrogens (tertiary/aromatic N) is 2. The van der Waals surface area contributed by atoms with Crippen LogP contribution >= 0.6 is 23.2 Å². The lowest BCUT2D eigenvalue weighted by Gasteiger charge is -2.31. The van der Waals surface area contributed by atoms with Gasteiger partial charge in [0.15, 0.2) is 11.6 Å². The van der Waals surface area contributed by atoms with Crippen LogP contribution in [0.15, 0.2) is 58.7 Å². The number of allylic oxidation sites excluding steroid dienone is 2. The summed E-state index contributed by atoms with van der Waals surface area (Å²) in [7, 11) is 1.60. The Labute approximate surface area is 144 Å². The summed E-state index contributed by atoms with van der Waals surface area (Å²) in [6.45, 7) is 0.424. The maximum absolute atomic E-state index is 9.64. The normalized spacial score (nSPS) is 16.8. The van der Waals surface area contributed by atoms with Crippen LogP contribution in [0.25, 0.3) is 0 Å². The molecule has 0 aromatic heterocycles. The second-order valence-corrected chi connectivity index (χ2v) is 5.82. The number of aliphatic imine (C=N–C) groups is 1. The second-order valence-electron chi connectivity index (χ2n) is 5.00. The van der Waals surface area contributed by atoms with Crippen molar-refractivity contribution < 1.29 is 9.84 Å². The third kappa shape index (κ3) is 3.22. The van der Waals surface area contributed by atoms with E-state index < -0.39 is 0 Å². The van der Waals surface area contributed by atoms with Gasteiger partial charge >= 0.3 is 0 Å². The van der Waals surface area contributed by atoms with Gasteiger partial charge in [0.2, 0.25) is 0 Å². The molecule has 0 unspecified atom stereocenters. The number of hydrogen-bond donors (Lipinski definition) is 2. The van der Waals surface area contributed by atoms with Crippen molar-refractivity contribution in [1.29, 1.82) is 0 Å². The van der Waals surface area contributed by atoms with E-state index in [0.29, 0.717) is 34.0 Å². The number of fused-ring (bicyclic) bond motifs is 1. The number of methoxy groups -OCH3 is 1. The molecule has 0 fully saturated rings. The number of benzene rings is 1. The fourth-order valence-corrected chi connectivity index (χ4v) is 2.64. The predicted molar refractivity (Wildman–Crippen MR) is 92.6 cm³/mol. The Bertz CT molecular complexity index is 754. The van der Waals surface area contributed by atoms with Crippen LogP contribution in [0.1, 0.15) is 0 Å². The number of ether oxygens (including phenoxy) is 1. The zero-order valence-corrected chi connectivity index (χ0v) is 13.9. The Balaban J connectivity index is 1.94. The smallest absolute Gasteiger partial charge is 0.177 e. The van der Waals surface area contributed by atoms with E-state index in [1.807, 2.05) is 23.3 Å². The van der Waals surface area contributed by atoms with Crippen LogP contribution < -0.4 is 5.32 Å². The van der Waals surface area contributed by atoms with Crippen LogP contribution in [0.5, 0.6) is 0 Å². The molecule has 0 saturated carbocycles. The first-order valence-corrected chi connectivity index (χ1v) is 7.71. The Hall–Kier alpha value is -1.95. The average molecular weight is 352 g/mol. The first-order valence-electron chi connectivity index (χ1n) is 6.95. The third-order valence-electron chi connectivity index (χ3n) is 3.51. The SMILES string of the molecule is COC1=CC=CN2CC(CO)=C(Nc3ccc(Cl)c(Cl)c3)N=C12. The molecule has 0 atom stereocenters. The lowest BCUT2D eigenvalue weighted by molar-refractivity contribution is 0.298. The fraction of sp³-hybridized carbons (Fsp3) is 0.188. The Kier molecular flexibility index (Phi) is 4.61. The zero-order chi connectivity index (χ0) is 16.4. The predicted octanol–water partition coefficient (Wildman–Crippen LogP) is 3.38. The molecule has 2 heterocycles. The van der Waals surface area contributed by atoms with Gasteiger partial charge in [-0.25, -0.2) is 4.99 Å². The molecule has 7 heteroatoms. The van der Waals surface area contributed by atoms with Gasteiger partial charge in [-0.05, 0) is 30.4 Å². The molecule has 1 aromatic rings. The van der Waals surface area contributed by atoms with E-state index in [2.05, 4.69) is 10.3 Å². The van der Waals surface area contributed by atoms with Gasteiger partial charge in [-0.15, -0.1) is 0 Å². The maximum Gasteiger partial charge on any atom is 0.177 e. The summed E-state index contributed by atoms with van der Waals surface area (Å²) in [6.07, 6.45) is 5.62. The van der Waals surface area contributed by atoms with Crippen LogP contribution in [0.3, 0.4) is 0 Å². The van der Waals surface area contributed by atoms with Gasteiger partial charge in [0.1, 0.15) is 5.82 Å². The van der Waals surface area contributed by atoms with E-state index in [1.54, 1.807) is 25.3 Å². The van der Waals surface area contributed by atoms with Gasteiger partial charge in [0.25, 0.3) is 0 Å². The van der Waals surface area contributed by atoms with E-state index in [9.17, 15) is 5.11 Å². The Morgan fingerprint density at radius 2 is 2.17 bits per heavy atom. The second kappa shape index (κ2) is 6.66. The largest absolute Gasteiger partial charge is 0.493 e. The fourth-order valence-electron chi connectivity index (χ4n) is 2.34. The average Bonchev–Trinajstić information content (AvgIpc) is 2.57. The van der Waals surface area contributed by atoms with Crippen molar-refractivity contribution in [2.75, 3.05) is 25.6 Å². The first kappa shape index (κ1) is 15.9. The summed E-state index contributed by atoms with van der Waals surface area (Å²) in [5.74, 6) is 1.93. The van der Waals surface area contributed by atoms with E-state index in [0.717, 1.165) is 11.3 Å². The lowest BCUT2D eigenvalue weighted by atomic mass is 10.1. The van der Waals surface area contributed by atoms with Gasteiger partial charge in [-0.3, -0.25) is 0 Å². The molecule has 2 aliphatic heterocycles. The molecule has 3 rings (SSSR count). The van der Waals surface area contributed by atoms with E-state index >= 15 is 0 Å². The van der Waals surface area contributed by atoms with Crippen molar-refractivity contribution in [2.45, 2.75) is 0 Å². The van der Waals surface area contributed by atoms with Gasteiger partial charge in [-0.2, -0.15) is 0 Å². The molecular formula is C16H15Cl2N3O2. The van der Waals surface area contributed by atoms with Crippen LogP contribution in [0.4, 0.5) is 5.69 Å². The zero-order valence-electron chi connectivity index (χ0n) is 12.4. The van der Waals surface area contributed by atoms with Gasteiger partial charge < -0.3 is 20.1 Å². The van der Waals surface area contributed by atoms with Crippen LogP contribution in [-0.2, 0) is 4.74 Å². The minimum Gasteiger partial charge on any atom is -0.493 e. The molecule has 0 spiro atoms. The van der Waals surface area contributed by atoms with Gasteiger partial charge in [-0.1, -0.05) is 23.2 Å². The molecule has 0 bridgehead atoms. The van der Waals surface area contributed by atoms with Crippen molar-refractivity contribution in [2.24, 2.45) is 4.99 Å². The summed E-state index contributed by atoms with van der Waals surface area (Å²) in [4.78, 5) is 6.51. The van der Waals surface area contributed by atoms with E-state index in [4.69, 9.17) is 27.9 Å². The number of anilines is 1. The maximum atomic E-state index is 9.64. The number of aliphatic hydroxyl groups is 1. The Morgan fingerprint density at radius 3 is 2.87 bits per heavy atom. The molecular weight excluding hydrogens is 337 g/mol. The highest BCUT2D eigenvalue weighted by atomic mass is 35.5. The molecule has 0 radical (unpaired) electrons. The van der Waals surface area contributed by atoms with Crippen LogP contribution in [0, 0.1) is 0 Å². The lowest BCUT2D eigenvalue weighted by Crippen LogP contribution is -2.36. The number of rotatable bonds is 4. The van der Waals surface area contributed by atoms with Crippen molar-refractivity contribution in [3.8, 4) is 0 Å². The quantitative estimate of drug-likeness (QED) is 0.872. The monoisotopic (exact) mass is 351 g/mol. The molecule has 0 aliphatic carbocycles. The highest BCUT2D eigenvalue weighted by Crippen LogP contribution is 2.28. The molecule has 120 valence electrons. The summed E-state index contributed by atoms with van der Waals surface area (Å²) in [5, 5.41) is 13.8. The van der Waals surface area contributed by atoms with Crippen molar-refractivity contribution in [1.82, 2.24) is 4.90 Å². The summed E-state index contributed by atoms with van der Waals surface area (Å²) in [6, 6.07) is 5.22. The number of halogens is 2. The molecule has 23 heavy (non-hydrogen) atoms. The van der Waals surface area contributed by atoms with Gasteiger partial charge in [0.05, 0.1) is 30.3 Å². The summed E-state index contributed by atoms with van der Waals surface area (Å²) >= 11 is 12.0. The van der Waals surface area contributed by atoms with Crippen molar-refractivity contribution >= 4 is 34.7 Å². The number of nitrogens with one attached hydrogen (secondary N) is 1. The van der Waals surface area contributed by atoms with E-state index in [1.165, 1.54) is 0 Å². The minimum absolute atomic E-state index is 0.100. The van der Waals surface area contributed by atoms with Crippen LogP contribution in [-0.4, -0.2) is 36.1 Å². The molecule has 0 amide bonds. The number of hydrogen-bond acceptors (Lipinski definition) is 5. The molecule has 0 saturated heterocycles. The molecule has 1 aromatic carbocycles. The Morgan fingerprint density at radius 1 is 1.35 bits per heavy atom. The standard InChI is InChI=1S/C16H15Cl2N3O2/c1-23-14-3-2-6-21-8-10(9-22)15(20-16(14)21)19-11-4-5-12(17)13(18)7-11/h2-7,19,22H,8-9H2,1H3. The molecule has 5 nitrogen and oxygen atoms in total. The van der Waals surface area contributed by atoms with Crippen LogP contribution in [0.2, 0.25) is 10.0 Å². The molecule has 2 aliphatic rings. The van der Waals surface area contributed by atoms with Gasteiger partial charge in [0, 0.05) is 17.5 Å². The van der Waals surface area contributed by atoms with E-state index in [-0.39, 0.29) is 6.61 Å². The highest BCUT2D eigenvalue weighted by Gasteiger charge is 2.25. The minimum atomic E-state index is -0.100. The van der Waals surface area contributed by atoms with Crippen molar-refractivity contribution in [3.63, 3.8) is 0 Å². The topological polar surface area (TPSA) is 57.1 Å². The number of aliphatic hydroxyl groups excluding tert-OH is 1. The number of amidine groups is 1. The van der Waals surface area contributed by atoms with Crippen molar-refractivity contribution in [3.05, 3.63) is 63.7 Å². The highest BCUT2D eigenvalue weighted by molar-refractivity contribution is 6.42. The molecule has 2 N–H and O–H groups in total. The summed E-state index contributed by atoms with van der Waals surface area (Å²) in [5.41, 5.74) is 1.51. The first-order chi connectivity index (χ1) is 11.1. The third-order valence-corrected chi connectivity index (χ3v) is 4.25. The summed E-state index contributed by atoms with van der Waals surface area (Å²) < 4.78 is 5.35.